The van der Waals surface area contributed by atoms with Crippen LogP contribution in [-0.4, -0.2) is 5.78 Å². The number of benzene rings is 3. The zero-order valence-electron chi connectivity index (χ0n) is 14.5. The fraction of sp³-hybridized carbons (Fsp3) is 0.0800. The number of rotatable bonds is 4. The molecule has 0 radical (unpaired) electrons. The summed E-state index contributed by atoms with van der Waals surface area (Å²) in [7, 11) is 0. The molecule has 1 nitrogen and oxygen atoms in total. The Morgan fingerprint density at radius 2 is 1.62 bits per heavy atom. The van der Waals surface area contributed by atoms with Gasteiger partial charge in [0.1, 0.15) is 0 Å². The van der Waals surface area contributed by atoms with Crippen LogP contribution in [0.4, 0.5) is 0 Å². The van der Waals surface area contributed by atoms with E-state index in [0.717, 1.165) is 12.0 Å². The van der Waals surface area contributed by atoms with Crippen molar-refractivity contribution in [2.75, 3.05) is 0 Å². The van der Waals surface area contributed by atoms with E-state index in [1.807, 2.05) is 36.4 Å². The second kappa shape index (κ2) is 7.37. The summed E-state index contributed by atoms with van der Waals surface area (Å²) in [5.74, 6) is 0.299. The third-order valence-electron chi connectivity index (χ3n) is 4.72. The number of ketones is 1. The molecule has 0 saturated heterocycles. The Morgan fingerprint density at radius 1 is 0.846 bits per heavy atom. The van der Waals surface area contributed by atoms with Gasteiger partial charge in [0.2, 0.25) is 0 Å². The van der Waals surface area contributed by atoms with Gasteiger partial charge in [-0.05, 0) is 57.3 Å². The number of allylic oxidation sites excluding steroid dienone is 3. The van der Waals surface area contributed by atoms with Crippen LogP contribution in [0, 0.1) is 5.92 Å². The summed E-state index contributed by atoms with van der Waals surface area (Å²) in [6.45, 7) is 0. The van der Waals surface area contributed by atoms with Crippen molar-refractivity contribution < 1.29 is 4.79 Å². The molecule has 126 valence electrons. The maximum absolute atomic E-state index is 12.2. The predicted octanol–water partition coefficient (Wildman–Crippen LogP) is 4.26. The lowest BCUT2D eigenvalue weighted by atomic mass is 9.96. The highest BCUT2D eigenvalue weighted by Gasteiger charge is 2.04. The minimum Gasteiger partial charge on any atom is -0.290 e. The lowest BCUT2D eigenvalue weighted by Crippen LogP contribution is -2.27. The molecule has 1 unspecified atom stereocenters. The Morgan fingerprint density at radius 3 is 2.50 bits per heavy atom. The van der Waals surface area contributed by atoms with E-state index in [4.69, 9.17) is 0 Å². The fourth-order valence-corrected chi connectivity index (χ4v) is 3.31. The van der Waals surface area contributed by atoms with Crippen LogP contribution in [0.25, 0.3) is 29.0 Å². The molecule has 3 aromatic carbocycles. The Hall–Kier alpha value is -3.19. The van der Waals surface area contributed by atoms with Gasteiger partial charge in [-0.15, -0.1) is 0 Å². The quantitative estimate of drug-likeness (QED) is 0.651. The van der Waals surface area contributed by atoms with E-state index in [1.165, 1.54) is 21.2 Å². The molecule has 1 aliphatic carbocycles. The van der Waals surface area contributed by atoms with Gasteiger partial charge < -0.3 is 0 Å². The van der Waals surface area contributed by atoms with Crippen molar-refractivity contribution >= 4 is 34.8 Å². The molecule has 0 fully saturated rings. The molecule has 0 bridgehead atoms. The molecule has 4 rings (SSSR count). The van der Waals surface area contributed by atoms with Crippen LogP contribution in [0.2, 0.25) is 0 Å². The average molecular weight is 336 g/mol. The van der Waals surface area contributed by atoms with Gasteiger partial charge in [0, 0.05) is 0 Å². The first-order valence-electron chi connectivity index (χ1n) is 8.94. The molecule has 0 N–H and O–H groups in total. The monoisotopic (exact) mass is 336 g/mol. The van der Waals surface area contributed by atoms with Crippen LogP contribution >= 0.6 is 0 Å². The Labute approximate surface area is 153 Å². The van der Waals surface area contributed by atoms with Crippen LogP contribution in [0.15, 0.2) is 85.0 Å². The lowest BCUT2D eigenvalue weighted by Gasteiger charge is -2.08. The maximum atomic E-state index is 12.2. The molecule has 1 heteroatoms. The third kappa shape index (κ3) is 3.73. The van der Waals surface area contributed by atoms with E-state index in [2.05, 4.69) is 54.6 Å². The van der Waals surface area contributed by atoms with Crippen LogP contribution in [-0.2, 0) is 4.79 Å². The zero-order valence-corrected chi connectivity index (χ0v) is 14.5. The molecule has 0 aromatic heterocycles. The summed E-state index contributed by atoms with van der Waals surface area (Å²) >= 11 is 0. The third-order valence-corrected chi connectivity index (χ3v) is 4.72. The molecule has 1 aliphatic rings. The Balaban J connectivity index is 1.45. The lowest BCUT2D eigenvalue weighted by molar-refractivity contribution is -0.110. The first-order chi connectivity index (χ1) is 12.8. The normalized spacial score (nSPS) is 16.4. The highest BCUT2D eigenvalue weighted by atomic mass is 16.1. The minimum absolute atomic E-state index is 0.0189. The van der Waals surface area contributed by atoms with Gasteiger partial charge in [-0.3, -0.25) is 4.79 Å². The van der Waals surface area contributed by atoms with Crippen molar-refractivity contribution in [1.29, 1.82) is 0 Å². The number of fused-ring (bicyclic) bond motifs is 2. The van der Waals surface area contributed by atoms with Crippen molar-refractivity contribution in [3.8, 4) is 0 Å². The summed E-state index contributed by atoms with van der Waals surface area (Å²) in [5, 5.41) is 4.91. The average Bonchev–Trinajstić information content (AvgIpc) is 2.70. The summed E-state index contributed by atoms with van der Waals surface area (Å²) < 4.78 is 0. The van der Waals surface area contributed by atoms with E-state index in [9.17, 15) is 4.79 Å². The number of carbonyl (C=O) groups excluding carboxylic acids is 1. The van der Waals surface area contributed by atoms with Crippen molar-refractivity contribution in [3.05, 3.63) is 101 Å². The van der Waals surface area contributed by atoms with Crippen molar-refractivity contribution in [3.63, 3.8) is 0 Å². The van der Waals surface area contributed by atoms with E-state index < -0.39 is 0 Å². The molecule has 0 heterocycles. The summed E-state index contributed by atoms with van der Waals surface area (Å²) in [5.41, 5.74) is 1.04. The molecule has 3 aromatic rings. The molecule has 0 amide bonds. The second-order valence-corrected chi connectivity index (χ2v) is 6.60. The SMILES string of the molecule is O=C(/C=C/c1ccc2ccccc2c1)/C=C/C1C=c2ccccc2=CC1. The van der Waals surface area contributed by atoms with E-state index in [1.54, 1.807) is 12.2 Å². The summed E-state index contributed by atoms with van der Waals surface area (Å²) in [4.78, 5) is 12.2. The minimum atomic E-state index is 0.0189. The molecule has 26 heavy (non-hydrogen) atoms. The van der Waals surface area contributed by atoms with Gasteiger partial charge in [0.15, 0.2) is 5.78 Å². The van der Waals surface area contributed by atoms with Crippen LogP contribution in [0.5, 0.6) is 0 Å². The predicted molar refractivity (Wildman–Crippen MR) is 110 cm³/mol. The first kappa shape index (κ1) is 16.3. The standard InChI is InChI=1S/C25H20O/c26-25(15-11-19-9-13-21-5-1-3-7-23(21)17-19)16-12-20-10-14-22-6-2-4-8-24(22)18-20/h1-9,11-18,20H,10H2/b15-11+,16-12+. The zero-order chi connectivity index (χ0) is 17.8. The van der Waals surface area contributed by atoms with Crippen molar-refractivity contribution in [1.82, 2.24) is 0 Å². The molecule has 1 atom stereocenters. The van der Waals surface area contributed by atoms with E-state index >= 15 is 0 Å². The van der Waals surface area contributed by atoms with Gasteiger partial charge in [0.05, 0.1) is 0 Å². The summed E-state index contributed by atoms with van der Waals surface area (Å²) in [6.07, 6.45) is 12.6. The Kier molecular flexibility index (Phi) is 4.61. The Bertz CT molecular complexity index is 1130. The molecular formula is C25H20O. The van der Waals surface area contributed by atoms with Gasteiger partial charge in [-0.1, -0.05) is 85.0 Å². The highest BCUT2D eigenvalue weighted by Crippen LogP contribution is 2.16. The van der Waals surface area contributed by atoms with Gasteiger partial charge in [0.25, 0.3) is 0 Å². The van der Waals surface area contributed by atoms with Crippen LogP contribution in [0.1, 0.15) is 12.0 Å². The second-order valence-electron chi connectivity index (χ2n) is 6.60. The number of hydrogen-bond acceptors (Lipinski definition) is 1. The van der Waals surface area contributed by atoms with E-state index in [0.29, 0.717) is 0 Å². The number of carbonyl (C=O) groups is 1. The molecule has 0 aliphatic heterocycles. The number of hydrogen-bond donors (Lipinski definition) is 0. The largest absolute Gasteiger partial charge is 0.290 e. The van der Waals surface area contributed by atoms with Gasteiger partial charge in [-0.2, -0.15) is 0 Å². The molecule has 0 spiro atoms. The highest BCUT2D eigenvalue weighted by molar-refractivity contribution is 6.02. The van der Waals surface area contributed by atoms with Crippen molar-refractivity contribution in [2.45, 2.75) is 6.42 Å². The van der Waals surface area contributed by atoms with Gasteiger partial charge in [-0.25, -0.2) is 0 Å². The van der Waals surface area contributed by atoms with Crippen molar-refractivity contribution in [2.24, 2.45) is 5.92 Å². The molecular weight excluding hydrogens is 316 g/mol. The topological polar surface area (TPSA) is 17.1 Å². The van der Waals surface area contributed by atoms with Crippen LogP contribution in [0.3, 0.4) is 0 Å². The van der Waals surface area contributed by atoms with Crippen LogP contribution < -0.4 is 10.4 Å². The van der Waals surface area contributed by atoms with Gasteiger partial charge >= 0.3 is 0 Å². The maximum Gasteiger partial charge on any atom is 0.178 e. The fourth-order valence-electron chi connectivity index (χ4n) is 3.31. The van der Waals surface area contributed by atoms with E-state index in [-0.39, 0.29) is 11.7 Å². The summed E-state index contributed by atoms with van der Waals surface area (Å²) in [6, 6.07) is 22.8. The smallest absolute Gasteiger partial charge is 0.178 e. The molecule has 0 saturated carbocycles. The first-order valence-corrected chi connectivity index (χ1v) is 8.94.